The second kappa shape index (κ2) is 9.84. The van der Waals surface area contributed by atoms with Crippen LogP contribution in [-0.2, 0) is 22.6 Å². The second-order valence-corrected chi connectivity index (χ2v) is 6.33. The molecule has 0 atom stereocenters. The molecule has 0 radical (unpaired) electrons. The predicted octanol–water partition coefficient (Wildman–Crippen LogP) is 3.44. The standard InChI is InChI=1S/C20H23ClN2O2/c1-16(24)23(12-10-17-8-5-9-19(21)14-17)13-11-20(25)22-15-18-6-3-2-4-7-18/h2-9,14H,10-13,15H2,1H3,(H,22,25). The fourth-order valence-electron chi connectivity index (χ4n) is 2.50. The van der Waals surface area contributed by atoms with Crippen molar-refractivity contribution in [2.75, 3.05) is 13.1 Å². The van der Waals surface area contributed by atoms with Crippen molar-refractivity contribution in [2.45, 2.75) is 26.3 Å². The van der Waals surface area contributed by atoms with Crippen LogP contribution in [0.4, 0.5) is 0 Å². The molecule has 2 rings (SSSR count). The van der Waals surface area contributed by atoms with Crippen LogP contribution in [0.5, 0.6) is 0 Å². The van der Waals surface area contributed by atoms with E-state index in [1.165, 1.54) is 6.92 Å². The lowest BCUT2D eigenvalue weighted by atomic mass is 10.1. The zero-order valence-corrected chi connectivity index (χ0v) is 15.1. The molecule has 0 aliphatic heterocycles. The van der Waals surface area contributed by atoms with Gasteiger partial charge in [-0.2, -0.15) is 0 Å². The Morgan fingerprint density at radius 3 is 2.40 bits per heavy atom. The maximum absolute atomic E-state index is 12.0. The Hall–Kier alpha value is -2.33. The number of nitrogens with one attached hydrogen (secondary N) is 1. The Bertz CT molecular complexity index is 704. The van der Waals surface area contributed by atoms with Crippen molar-refractivity contribution >= 4 is 23.4 Å². The number of rotatable bonds is 8. The average molecular weight is 359 g/mol. The predicted molar refractivity (Wildman–Crippen MR) is 100 cm³/mol. The molecule has 0 saturated carbocycles. The van der Waals surface area contributed by atoms with E-state index in [1.807, 2.05) is 54.6 Å². The summed E-state index contributed by atoms with van der Waals surface area (Å²) in [5.74, 6) is -0.0873. The average Bonchev–Trinajstić information content (AvgIpc) is 2.60. The molecule has 0 spiro atoms. The van der Waals surface area contributed by atoms with Gasteiger partial charge in [0.2, 0.25) is 11.8 Å². The summed E-state index contributed by atoms with van der Waals surface area (Å²) in [5.41, 5.74) is 2.13. The van der Waals surface area contributed by atoms with Crippen molar-refractivity contribution in [3.63, 3.8) is 0 Å². The molecular formula is C20H23ClN2O2. The van der Waals surface area contributed by atoms with E-state index in [0.717, 1.165) is 11.1 Å². The Kier molecular flexibility index (Phi) is 7.48. The molecule has 0 unspecified atom stereocenters. The van der Waals surface area contributed by atoms with E-state index in [2.05, 4.69) is 5.32 Å². The van der Waals surface area contributed by atoms with E-state index in [0.29, 0.717) is 37.5 Å². The number of carbonyl (C=O) groups excluding carboxylic acids is 2. The summed E-state index contributed by atoms with van der Waals surface area (Å²) >= 11 is 5.98. The van der Waals surface area contributed by atoms with Gasteiger partial charge < -0.3 is 10.2 Å². The molecule has 25 heavy (non-hydrogen) atoms. The van der Waals surface area contributed by atoms with E-state index < -0.39 is 0 Å². The maximum Gasteiger partial charge on any atom is 0.222 e. The first-order valence-electron chi connectivity index (χ1n) is 8.35. The molecule has 0 aromatic heterocycles. The normalized spacial score (nSPS) is 10.3. The SMILES string of the molecule is CC(=O)N(CCC(=O)NCc1ccccc1)CCc1cccc(Cl)c1. The van der Waals surface area contributed by atoms with Gasteiger partial charge in [0.1, 0.15) is 0 Å². The fraction of sp³-hybridized carbons (Fsp3) is 0.300. The summed E-state index contributed by atoms with van der Waals surface area (Å²) in [7, 11) is 0. The van der Waals surface area contributed by atoms with Crippen LogP contribution in [0.25, 0.3) is 0 Å². The Labute approximate surface area is 153 Å². The molecule has 1 N–H and O–H groups in total. The Morgan fingerprint density at radius 1 is 1.00 bits per heavy atom. The minimum Gasteiger partial charge on any atom is -0.352 e. The van der Waals surface area contributed by atoms with Gasteiger partial charge in [-0.05, 0) is 29.7 Å². The first-order chi connectivity index (χ1) is 12.0. The highest BCUT2D eigenvalue weighted by Crippen LogP contribution is 2.11. The van der Waals surface area contributed by atoms with E-state index in [4.69, 9.17) is 11.6 Å². The molecule has 0 heterocycles. The molecule has 2 aromatic carbocycles. The highest BCUT2D eigenvalue weighted by molar-refractivity contribution is 6.30. The van der Waals surface area contributed by atoms with Gasteiger partial charge in [0.05, 0.1) is 0 Å². The van der Waals surface area contributed by atoms with E-state index in [-0.39, 0.29) is 11.8 Å². The largest absolute Gasteiger partial charge is 0.352 e. The fourth-order valence-corrected chi connectivity index (χ4v) is 2.72. The molecule has 0 aliphatic rings. The number of halogens is 1. The molecule has 0 aliphatic carbocycles. The lowest BCUT2D eigenvalue weighted by molar-refractivity contribution is -0.129. The number of amides is 2. The van der Waals surface area contributed by atoms with E-state index in [9.17, 15) is 9.59 Å². The van der Waals surface area contributed by atoms with Gasteiger partial charge in [-0.15, -0.1) is 0 Å². The molecule has 2 aromatic rings. The summed E-state index contributed by atoms with van der Waals surface area (Å²) in [6, 6.07) is 17.3. The lowest BCUT2D eigenvalue weighted by Crippen LogP contribution is -2.35. The molecule has 5 heteroatoms. The van der Waals surface area contributed by atoms with Crippen molar-refractivity contribution in [2.24, 2.45) is 0 Å². The Balaban J connectivity index is 1.76. The van der Waals surface area contributed by atoms with Gasteiger partial charge in [0.15, 0.2) is 0 Å². The van der Waals surface area contributed by atoms with Crippen LogP contribution >= 0.6 is 11.6 Å². The van der Waals surface area contributed by atoms with Gasteiger partial charge >= 0.3 is 0 Å². The van der Waals surface area contributed by atoms with Crippen LogP contribution in [0.3, 0.4) is 0 Å². The molecule has 4 nitrogen and oxygen atoms in total. The number of hydrogen-bond acceptors (Lipinski definition) is 2. The summed E-state index contributed by atoms with van der Waals surface area (Å²) in [4.78, 5) is 25.5. The van der Waals surface area contributed by atoms with E-state index in [1.54, 1.807) is 4.90 Å². The van der Waals surface area contributed by atoms with Gasteiger partial charge in [-0.25, -0.2) is 0 Å². The molecule has 132 valence electrons. The topological polar surface area (TPSA) is 49.4 Å². The van der Waals surface area contributed by atoms with Crippen LogP contribution in [0.15, 0.2) is 54.6 Å². The zero-order valence-electron chi connectivity index (χ0n) is 14.4. The minimum atomic E-state index is -0.0575. The van der Waals surface area contributed by atoms with Crippen molar-refractivity contribution in [1.29, 1.82) is 0 Å². The Morgan fingerprint density at radius 2 is 1.72 bits per heavy atom. The smallest absolute Gasteiger partial charge is 0.222 e. The molecule has 0 saturated heterocycles. The minimum absolute atomic E-state index is 0.0297. The third kappa shape index (κ3) is 6.98. The van der Waals surface area contributed by atoms with Crippen LogP contribution in [0.2, 0.25) is 5.02 Å². The van der Waals surface area contributed by atoms with Crippen molar-refractivity contribution < 1.29 is 9.59 Å². The van der Waals surface area contributed by atoms with E-state index >= 15 is 0 Å². The third-order valence-electron chi connectivity index (χ3n) is 3.95. The second-order valence-electron chi connectivity index (χ2n) is 5.90. The highest BCUT2D eigenvalue weighted by Gasteiger charge is 2.11. The van der Waals surface area contributed by atoms with Crippen LogP contribution in [0, 0.1) is 0 Å². The van der Waals surface area contributed by atoms with Gasteiger partial charge in [-0.3, -0.25) is 9.59 Å². The van der Waals surface area contributed by atoms with Crippen LogP contribution < -0.4 is 5.32 Å². The number of nitrogens with zero attached hydrogens (tertiary/aromatic N) is 1. The van der Waals surface area contributed by atoms with Crippen molar-refractivity contribution in [3.05, 3.63) is 70.7 Å². The lowest BCUT2D eigenvalue weighted by Gasteiger charge is -2.21. The summed E-state index contributed by atoms with van der Waals surface area (Å²) in [6.07, 6.45) is 1.01. The summed E-state index contributed by atoms with van der Waals surface area (Å²) in [5, 5.41) is 3.57. The quantitative estimate of drug-likeness (QED) is 0.785. The van der Waals surface area contributed by atoms with Crippen LogP contribution in [-0.4, -0.2) is 29.8 Å². The zero-order chi connectivity index (χ0) is 18.1. The number of hydrogen-bond donors (Lipinski definition) is 1. The number of benzene rings is 2. The first-order valence-corrected chi connectivity index (χ1v) is 8.73. The summed E-state index contributed by atoms with van der Waals surface area (Å²) < 4.78 is 0. The molecule has 0 fully saturated rings. The maximum atomic E-state index is 12.0. The molecule has 0 bridgehead atoms. The van der Waals surface area contributed by atoms with Crippen molar-refractivity contribution in [3.8, 4) is 0 Å². The van der Waals surface area contributed by atoms with Gasteiger partial charge in [-0.1, -0.05) is 54.1 Å². The molecule has 2 amide bonds. The van der Waals surface area contributed by atoms with Crippen molar-refractivity contribution in [1.82, 2.24) is 10.2 Å². The summed E-state index contributed by atoms with van der Waals surface area (Å²) in [6.45, 7) is 3.01. The highest BCUT2D eigenvalue weighted by atomic mass is 35.5. The number of carbonyl (C=O) groups is 2. The monoisotopic (exact) mass is 358 g/mol. The van der Waals surface area contributed by atoms with Crippen LogP contribution in [0.1, 0.15) is 24.5 Å². The third-order valence-corrected chi connectivity index (χ3v) is 4.18. The van der Waals surface area contributed by atoms with Gasteiger partial charge in [0, 0.05) is 38.0 Å². The first kappa shape index (κ1) is 19.0. The van der Waals surface area contributed by atoms with Gasteiger partial charge in [0.25, 0.3) is 0 Å². The molecular weight excluding hydrogens is 336 g/mol.